The van der Waals surface area contributed by atoms with Crippen LogP contribution in [-0.2, 0) is 0 Å². The van der Waals surface area contributed by atoms with Crippen LogP contribution in [0.4, 0.5) is 13.5 Å². The molecule has 0 unspecified atom stereocenters. The number of aromatic nitrogens is 4. The van der Waals surface area contributed by atoms with Crippen molar-refractivity contribution in [3.8, 4) is 5.88 Å². The van der Waals surface area contributed by atoms with Crippen LogP contribution >= 0.6 is 0 Å². The topological polar surface area (TPSA) is 73.1 Å². The summed E-state index contributed by atoms with van der Waals surface area (Å²) in [5, 5.41) is 4.65. The number of amides is 1. The molecule has 0 aromatic carbocycles. The van der Waals surface area contributed by atoms with Crippen LogP contribution < -0.4 is 4.74 Å². The summed E-state index contributed by atoms with van der Waals surface area (Å²) in [6.07, 6.45) is 8.73. The molecular formula is C24H30F3N5O2. The van der Waals surface area contributed by atoms with E-state index in [1.165, 1.54) is 19.0 Å². The number of likely N-dealkylation sites (tertiary alicyclic amines) is 1. The monoisotopic (exact) mass is 477 g/mol. The Balaban J connectivity index is 0.00000241. The molecule has 7 nitrogen and oxygen atoms in total. The number of rotatable bonds is 7. The van der Waals surface area contributed by atoms with Crippen molar-refractivity contribution in [2.24, 2.45) is 10.8 Å². The number of halogens is 3. The Morgan fingerprint density at radius 1 is 1.24 bits per heavy atom. The summed E-state index contributed by atoms with van der Waals surface area (Å²) in [5.41, 5.74) is 0.320. The van der Waals surface area contributed by atoms with Crippen molar-refractivity contribution in [2.45, 2.75) is 70.3 Å². The summed E-state index contributed by atoms with van der Waals surface area (Å²) < 4.78 is 35.2. The number of nitrogens with zero attached hydrogens (tertiary/aromatic N) is 5. The third-order valence-corrected chi connectivity index (χ3v) is 8.07. The van der Waals surface area contributed by atoms with E-state index in [-0.39, 0.29) is 22.6 Å². The molecule has 184 valence electrons. The van der Waals surface area contributed by atoms with Gasteiger partial charge in [-0.2, -0.15) is 5.10 Å². The maximum atomic E-state index is 13.8. The zero-order chi connectivity index (χ0) is 23.0. The van der Waals surface area contributed by atoms with Crippen LogP contribution in [0, 0.1) is 17.8 Å². The van der Waals surface area contributed by atoms with E-state index in [0.29, 0.717) is 41.8 Å². The average Bonchev–Trinajstić information content (AvgIpc) is 3.63. The number of carbonyl (C=O) groups is 1. The van der Waals surface area contributed by atoms with E-state index in [2.05, 4.69) is 15.1 Å². The predicted octanol–water partition coefficient (Wildman–Crippen LogP) is 4.30. The second kappa shape index (κ2) is 7.68. The van der Waals surface area contributed by atoms with Gasteiger partial charge in [0.15, 0.2) is 5.82 Å². The molecule has 1 spiro atoms. The van der Waals surface area contributed by atoms with Crippen LogP contribution in [0.2, 0.25) is 0 Å². The average molecular weight is 478 g/mol. The lowest BCUT2D eigenvalue weighted by molar-refractivity contribution is -0.0740. The lowest BCUT2D eigenvalue weighted by Gasteiger charge is -2.58. The van der Waals surface area contributed by atoms with Gasteiger partial charge in [0.05, 0.1) is 17.0 Å². The van der Waals surface area contributed by atoms with Gasteiger partial charge < -0.3 is 9.64 Å². The van der Waals surface area contributed by atoms with Crippen molar-refractivity contribution in [1.82, 2.24) is 24.6 Å². The Morgan fingerprint density at radius 2 is 1.94 bits per heavy atom. The van der Waals surface area contributed by atoms with E-state index in [4.69, 9.17) is 4.74 Å². The molecule has 4 aliphatic rings. The lowest BCUT2D eigenvalue weighted by Crippen LogP contribution is -2.63. The molecule has 1 saturated heterocycles. The Bertz CT molecular complexity index is 1090. The summed E-state index contributed by atoms with van der Waals surface area (Å²) in [6.45, 7) is 4.19. The van der Waals surface area contributed by atoms with E-state index < -0.39 is 11.3 Å². The molecule has 3 aliphatic carbocycles. The minimum absolute atomic E-state index is 0. The third kappa shape index (κ3) is 3.84. The SMILES string of the molecule is Cc1cc(C(=O)N2CC3(CC(n4cnc(C5CC5)n4)C3)C2)cnc1OCC1(C(C)(F)F)CC1.F. The van der Waals surface area contributed by atoms with Gasteiger partial charge in [-0.15, -0.1) is 0 Å². The van der Waals surface area contributed by atoms with Gasteiger partial charge in [0.1, 0.15) is 12.9 Å². The minimum atomic E-state index is -2.77. The van der Waals surface area contributed by atoms with Crippen molar-refractivity contribution in [3.05, 3.63) is 35.5 Å². The standard InChI is InChI=1S/C24H29F2N5O2.FH/c1-15-7-17(10-27-20(15)33-13-24(5-6-24)22(2,25)26)21(32)30-11-23(12-30)8-18(9-23)31-14-28-19(29-31)16-3-4-16;/h7,10,14,16,18H,3-6,8-9,11-13H2,1-2H3;1H. The van der Waals surface area contributed by atoms with Crippen molar-refractivity contribution in [1.29, 1.82) is 0 Å². The first kappa shape index (κ1) is 23.1. The summed E-state index contributed by atoms with van der Waals surface area (Å²) in [4.78, 5) is 23.5. The summed E-state index contributed by atoms with van der Waals surface area (Å²) in [6, 6.07) is 2.13. The van der Waals surface area contributed by atoms with Crippen molar-refractivity contribution >= 4 is 5.91 Å². The highest BCUT2D eigenvalue weighted by atomic mass is 19.3. The van der Waals surface area contributed by atoms with Gasteiger partial charge in [0.25, 0.3) is 11.8 Å². The molecule has 3 saturated carbocycles. The maximum absolute atomic E-state index is 13.8. The maximum Gasteiger partial charge on any atom is 0.255 e. The van der Waals surface area contributed by atoms with Gasteiger partial charge in [-0.3, -0.25) is 9.50 Å². The Hall–Kier alpha value is -2.65. The van der Waals surface area contributed by atoms with Crippen molar-refractivity contribution in [2.75, 3.05) is 19.7 Å². The zero-order valence-electron chi connectivity index (χ0n) is 19.5. The molecular weight excluding hydrogens is 447 g/mol. The zero-order valence-corrected chi connectivity index (χ0v) is 19.5. The highest BCUT2D eigenvalue weighted by Gasteiger charge is 2.60. The number of carbonyl (C=O) groups excluding carboxylic acids is 1. The number of aryl methyl sites for hydroxylation is 1. The molecule has 4 fully saturated rings. The molecule has 10 heteroatoms. The predicted molar refractivity (Wildman–Crippen MR) is 118 cm³/mol. The van der Waals surface area contributed by atoms with Crippen LogP contribution in [0.15, 0.2) is 18.6 Å². The normalized spacial score (nSPS) is 22.5. The first-order chi connectivity index (χ1) is 15.7. The minimum Gasteiger partial charge on any atom is -0.477 e. The number of hydrogen-bond acceptors (Lipinski definition) is 5. The van der Waals surface area contributed by atoms with E-state index in [1.807, 2.05) is 15.9 Å². The van der Waals surface area contributed by atoms with E-state index in [1.54, 1.807) is 13.0 Å². The van der Waals surface area contributed by atoms with Crippen LogP contribution in [0.5, 0.6) is 5.88 Å². The second-order valence-corrected chi connectivity index (χ2v) is 10.9. The fraction of sp³-hybridized carbons (Fsp3) is 0.667. The molecule has 1 amide bonds. The fourth-order valence-corrected chi connectivity index (χ4v) is 5.37. The summed E-state index contributed by atoms with van der Waals surface area (Å²) in [5.74, 6) is -0.942. The van der Waals surface area contributed by atoms with Crippen LogP contribution in [0.25, 0.3) is 0 Å². The van der Waals surface area contributed by atoms with Gasteiger partial charge in [-0.1, -0.05) is 0 Å². The number of pyridine rings is 1. The molecule has 3 heterocycles. The quantitative estimate of drug-likeness (QED) is 0.595. The molecule has 0 radical (unpaired) electrons. The van der Waals surface area contributed by atoms with Gasteiger partial charge in [-0.25, -0.2) is 23.4 Å². The molecule has 2 aromatic heterocycles. The van der Waals surface area contributed by atoms with Gasteiger partial charge in [0, 0.05) is 43.1 Å². The molecule has 0 N–H and O–H groups in total. The number of ether oxygens (including phenoxy) is 1. The summed E-state index contributed by atoms with van der Waals surface area (Å²) in [7, 11) is 0. The summed E-state index contributed by atoms with van der Waals surface area (Å²) >= 11 is 0. The highest BCUT2D eigenvalue weighted by molar-refractivity contribution is 5.94. The second-order valence-electron chi connectivity index (χ2n) is 10.9. The van der Waals surface area contributed by atoms with Crippen LogP contribution in [0.1, 0.15) is 79.2 Å². The van der Waals surface area contributed by atoms with E-state index >= 15 is 0 Å². The van der Waals surface area contributed by atoms with Gasteiger partial charge in [-0.05, 0) is 51.5 Å². The van der Waals surface area contributed by atoms with E-state index in [9.17, 15) is 13.6 Å². The fourth-order valence-electron chi connectivity index (χ4n) is 5.37. The smallest absolute Gasteiger partial charge is 0.255 e. The molecule has 0 bridgehead atoms. The van der Waals surface area contributed by atoms with Gasteiger partial charge >= 0.3 is 0 Å². The molecule has 2 aromatic rings. The highest BCUT2D eigenvalue weighted by Crippen LogP contribution is 2.57. The largest absolute Gasteiger partial charge is 0.477 e. The molecule has 0 atom stereocenters. The Kier molecular flexibility index (Phi) is 5.22. The molecule has 1 aliphatic heterocycles. The lowest BCUT2D eigenvalue weighted by atomic mass is 9.60. The van der Waals surface area contributed by atoms with Crippen molar-refractivity contribution in [3.63, 3.8) is 0 Å². The molecule has 34 heavy (non-hydrogen) atoms. The Morgan fingerprint density at radius 3 is 2.53 bits per heavy atom. The third-order valence-electron chi connectivity index (χ3n) is 8.07. The molecule has 6 rings (SSSR count). The first-order valence-corrected chi connectivity index (χ1v) is 11.8. The van der Waals surface area contributed by atoms with E-state index in [0.717, 1.165) is 38.7 Å². The van der Waals surface area contributed by atoms with Crippen LogP contribution in [0.3, 0.4) is 0 Å². The van der Waals surface area contributed by atoms with Crippen molar-refractivity contribution < 1.29 is 23.0 Å². The number of alkyl halides is 2. The number of hydrogen-bond donors (Lipinski definition) is 0. The van der Waals surface area contributed by atoms with Crippen LogP contribution in [-0.4, -0.2) is 56.2 Å². The Labute approximate surface area is 196 Å². The van der Waals surface area contributed by atoms with Gasteiger partial charge in [0.2, 0.25) is 5.88 Å². The first-order valence-electron chi connectivity index (χ1n) is 11.8.